The van der Waals surface area contributed by atoms with Gasteiger partial charge in [-0.15, -0.1) is 0 Å². The zero-order valence-electron chi connectivity index (χ0n) is 12.1. The zero-order chi connectivity index (χ0) is 13.9. The van der Waals surface area contributed by atoms with Crippen molar-refractivity contribution in [1.82, 2.24) is 5.32 Å². The van der Waals surface area contributed by atoms with Crippen LogP contribution in [-0.4, -0.2) is 31.8 Å². The van der Waals surface area contributed by atoms with Gasteiger partial charge in [-0.1, -0.05) is 24.6 Å². The van der Waals surface area contributed by atoms with E-state index in [0.29, 0.717) is 6.10 Å². The van der Waals surface area contributed by atoms with E-state index in [4.69, 9.17) is 16.3 Å². The molecule has 0 aromatic heterocycles. The number of anilines is 1. The molecule has 2 aliphatic rings. The largest absolute Gasteiger partial charge is 0.375 e. The summed E-state index contributed by atoms with van der Waals surface area (Å²) < 4.78 is 5.77. The van der Waals surface area contributed by atoms with Crippen LogP contribution in [0.3, 0.4) is 0 Å². The van der Waals surface area contributed by atoms with Gasteiger partial charge in [-0.2, -0.15) is 0 Å². The maximum absolute atomic E-state index is 6.20. The van der Waals surface area contributed by atoms with Gasteiger partial charge in [0, 0.05) is 36.4 Å². The van der Waals surface area contributed by atoms with E-state index in [0.717, 1.165) is 43.7 Å². The highest BCUT2D eigenvalue weighted by atomic mass is 35.5. The Kier molecular flexibility index (Phi) is 4.49. The van der Waals surface area contributed by atoms with Gasteiger partial charge in [0.15, 0.2) is 0 Å². The molecule has 1 saturated carbocycles. The van der Waals surface area contributed by atoms with Crippen LogP contribution in [0.1, 0.15) is 31.7 Å². The molecule has 20 heavy (non-hydrogen) atoms. The number of hydrogen-bond donors (Lipinski definition) is 1. The molecule has 110 valence electrons. The quantitative estimate of drug-likeness (QED) is 0.902. The standard InChI is InChI=1S/C16H23ClN2O/c1-2-15-11-19(7-8-20-15)16-9-13(17)4-3-12(16)10-18-14-5-6-14/h3-4,9,14-15,18H,2,5-8,10-11H2,1H3. The van der Waals surface area contributed by atoms with Gasteiger partial charge in [-0.05, 0) is 37.0 Å². The molecule has 1 aliphatic heterocycles. The number of ether oxygens (including phenoxy) is 1. The average molecular weight is 295 g/mol. The maximum Gasteiger partial charge on any atom is 0.0748 e. The number of nitrogens with zero attached hydrogens (tertiary/aromatic N) is 1. The fraction of sp³-hybridized carbons (Fsp3) is 0.625. The van der Waals surface area contributed by atoms with Crippen molar-refractivity contribution in [1.29, 1.82) is 0 Å². The Hall–Kier alpha value is -0.770. The van der Waals surface area contributed by atoms with Crippen LogP contribution in [-0.2, 0) is 11.3 Å². The van der Waals surface area contributed by atoms with Gasteiger partial charge in [-0.3, -0.25) is 0 Å². The molecule has 1 saturated heterocycles. The monoisotopic (exact) mass is 294 g/mol. The highest BCUT2D eigenvalue weighted by Gasteiger charge is 2.23. The number of benzene rings is 1. The lowest BCUT2D eigenvalue weighted by Crippen LogP contribution is -2.42. The van der Waals surface area contributed by atoms with Gasteiger partial charge < -0.3 is 15.0 Å². The minimum Gasteiger partial charge on any atom is -0.375 e. The van der Waals surface area contributed by atoms with Crippen LogP contribution in [0.2, 0.25) is 5.02 Å². The number of halogens is 1. The highest BCUT2D eigenvalue weighted by molar-refractivity contribution is 6.30. The van der Waals surface area contributed by atoms with Crippen molar-refractivity contribution in [3.05, 3.63) is 28.8 Å². The van der Waals surface area contributed by atoms with Crippen LogP contribution >= 0.6 is 11.6 Å². The van der Waals surface area contributed by atoms with Crippen molar-refractivity contribution < 1.29 is 4.74 Å². The third-order valence-electron chi connectivity index (χ3n) is 4.14. The minimum atomic E-state index is 0.340. The second kappa shape index (κ2) is 6.33. The molecule has 1 atom stereocenters. The molecule has 3 rings (SSSR count). The minimum absolute atomic E-state index is 0.340. The predicted molar refractivity (Wildman–Crippen MR) is 83.6 cm³/mol. The van der Waals surface area contributed by atoms with Crippen molar-refractivity contribution in [2.45, 2.75) is 44.9 Å². The van der Waals surface area contributed by atoms with E-state index >= 15 is 0 Å². The summed E-state index contributed by atoms with van der Waals surface area (Å²) in [6.45, 7) is 5.84. The fourth-order valence-electron chi connectivity index (χ4n) is 2.71. The average Bonchev–Trinajstić information content (AvgIpc) is 3.30. The Balaban J connectivity index is 1.76. The summed E-state index contributed by atoms with van der Waals surface area (Å²) in [7, 11) is 0. The normalized spacial score (nSPS) is 23.1. The van der Waals surface area contributed by atoms with Crippen molar-refractivity contribution in [2.24, 2.45) is 0 Å². The van der Waals surface area contributed by atoms with E-state index < -0.39 is 0 Å². The first-order valence-corrected chi connectivity index (χ1v) is 8.02. The van der Waals surface area contributed by atoms with E-state index in [1.807, 2.05) is 6.07 Å². The van der Waals surface area contributed by atoms with Gasteiger partial charge in [0.05, 0.1) is 12.7 Å². The third-order valence-corrected chi connectivity index (χ3v) is 4.38. The summed E-state index contributed by atoms with van der Waals surface area (Å²) in [6, 6.07) is 6.98. The first-order valence-electron chi connectivity index (χ1n) is 7.64. The van der Waals surface area contributed by atoms with E-state index in [1.54, 1.807) is 0 Å². The predicted octanol–water partition coefficient (Wildman–Crippen LogP) is 3.21. The topological polar surface area (TPSA) is 24.5 Å². The molecule has 0 amide bonds. The number of hydrogen-bond acceptors (Lipinski definition) is 3. The SMILES string of the molecule is CCC1CN(c2cc(Cl)ccc2CNC2CC2)CCO1. The molecule has 4 heteroatoms. The smallest absolute Gasteiger partial charge is 0.0748 e. The molecular formula is C16H23ClN2O. The van der Waals surface area contributed by atoms with E-state index in [2.05, 4.69) is 29.3 Å². The van der Waals surface area contributed by atoms with Crippen molar-refractivity contribution in [2.75, 3.05) is 24.6 Å². The van der Waals surface area contributed by atoms with E-state index in [1.165, 1.54) is 24.1 Å². The van der Waals surface area contributed by atoms with Gasteiger partial charge in [0.1, 0.15) is 0 Å². The molecule has 1 N–H and O–H groups in total. The summed E-state index contributed by atoms with van der Waals surface area (Å²) >= 11 is 6.20. The van der Waals surface area contributed by atoms with Gasteiger partial charge in [0.25, 0.3) is 0 Å². The van der Waals surface area contributed by atoms with Crippen LogP contribution in [0, 0.1) is 0 Å². The Morgan fingerprint density at radius 2 is 2.25 bits per heavy atom. The summed E-state index contributed by atoms with van der Waals surface area (Å²) in [5.41, 5.74) is 2.62. The van der Waals surface area contributed by atoms with E-state index in [9.17, 15) is 0 Å². The van der Waals surface area contributed by atoms with Crippen molar-refractivity contribution in [3.8, 4) is 0 Å². The molecule has 0 radical (unpaired) electrons. The highest BCUT2D eigenvalue weighted by Crippen LogP contribution is 2.28. The molecule has 1 aromatic rings. The number of rotatable bonds is 5. The Morgan fingerprint density at radius 3 is 3.00 bits per heavy atom. The molecule has 1 aromatic carbocycles. The molecule has 1 aliphatic carbocycles. The molecule has 0 spiro atoms. The molecule has 1 unspecified atom stereocenters. The molecule has 2 fully saturated rings. The lowest BCUT2D eigenvalue weighted by Gasteiger charge is -2.35. The Labute approximate surface area is 126 Å². The summed E-state index contributed by atoms with van der Waals surface area (Å²) in [5.74, 6) is 0. The zero-order valence-corrected chi connectivity index (χ0v) is 12.8. The second-order valence-electron chi connectivity index (χ2n) is 5.78. The van der Waals surface area contributed by atoms with Crippen LogP contribution in [0.25, 0.3) is 0 Å². The van der Waals surface area contributed by atoms with Gasteiger partial charge in [-0.25, -0.2) is 0 Å². The van der Waals surface area contributed by atoms with Crippen LogP contribution in [0.4, 0.5) is 5.69 Å². The summed E-state index contributed by atoms with van der Waals surface area (Å²) in [4.78, 5) is 2.42. The summed E-state index contributed by atoms with van der Waals surface area (Å²) in [5, 5.41) is 4.41. The number of morpholine rings is 1. The fourth-order valence-corrected chi connectivity index (χ4v) is 2.87. The lowest BCUT2D eigenvalue weighted by molar-refractivity contribution is 0.0384. The van der Waals surface area contributed by atoms with Crippen molar-refractivity contribution >= 4 is 17.3 Å². The molecular weight excluding hydrogens is 272 g/mol. The Bertz CT molecular complexity index is 462. The van der Waals surface area contributed by atoms with Crippen molar-refractivity contribution in [3.63, 3.8) is 0 Å². The van der Waals surface area contributed by atoms with E-state index in [-0.39, 0.29) is 0 Å². The van der Waals surface area contributed by atoms with Crippen LogP contribution in [0.5, 0.6) is 0 Å². The molecule has 3 nitrogen and oxygen atoms in total. The molecule has 1 heterocycles. The Morgan fingerprint density at radius 1 is 1.40 bits per heavy atom. The second-order valence-corrected chi connectivity index (χ2v) is 6.21. The first kappa shape index (κ1) is 14.2. The third kappa shape index (κ3) is 3.46. The molecule has 0 bridgehead atoms. The summed E-state index contributed by atoms with van der Waals surface area (Å²) in [6.07, 6.45) is 4.04. The maximum atomic E-state index is 6.20. The van der Waals surface area contributed by atoms with Crippen LogP contribution < -0.4 is 10.2 Å². The van der Waals surface area contributed by atoms with Gasteiger partial charge in [0.2, 0.25) is 0 Å². The first-order chi connectivity index (χ1) is 9.76. The number of nitrogens with one attached hydrogen (secondary N) is 1. The van der Waals surface area contributed by atoms with Crippen LogP contribution in [0.15, 0.2) is 18.2 Å². The van der Waals surface area contributed by atoms with Gasteiger partial charge >= 0.3 is 0 Å². The lowest BCUT2D eigenvalue weighted by atomic mass is 10.1.